The average molecular weight is 404 g/mol. The second-order valence-electron chi connectivity index (χ2n) is 6.83. The molecule has 1 aliphatic rings. The zero-order valence-electron chi connectivity index (χ0n) is 15.6. The van der Waals surface area contributed by atoms with Crippen molar-refractivity contribution in [1.82, 2.24) is 29.6 Å². The molecule has 10 nitrogen and oxygen atoms in total. The minimum atomic E-state index is -3.65. The Bertz CT molecular complexity index is 1040. The summed E-state index contributed by atoms with van der Waals surface area (Å²) in [7, 11) is -3.65. The second kappa shape index (κ2) is 7.40. The molecule has 3 aromatic rings. The fourth-order valence-electron chi connectivity index (χ4n) is 3.49. The van der Waals surface area contributed by atoms with Crippen molar-refractivity contribution >= 4 is 10.0 Å². The first kappa shape index (κ1) is 18.7. The highest BCUT2D eigenvalue weighted by Crippen LogP contribution is 2.29. The van der Waals surface area contributed by atoms with E-state index in [1.54, 1.807) is 32.4 Å². The molecule has 0 radical (unpaired) electrons. The molecular weight excluding hydrogens is 384 g/mol. The van der Waals surface area contributed by atoms with E-state index in [0.29, 0.717) is 48.4 Å². The van der Waals surface area contributed by atoms with Crippen molar-refractivity contribution < 1.29 is 17.5 Å². The summed E-state index contributed by atoms with van der Waals surface area (Å²) in [6.45, 7) is 4.10. The predicted molar refractivity (Wildman–Crippen MR) is 96.5 cm³/mol. The van der Waals surface area contributed by atoms with E-state index in [0.717, 1.165) is 12.8 Å². The highest BCUT2D eigenvalue weighted by Gasteiger charge is 2.35. The van der Waals surface area contributed by atoms with Gasteiger partial charge in [-0.25, -0.2) is 13.4 Å². The van der Waals surface area contributed by atoms with Crippen LogP contribution in [0.2, 0.25) is 0 Å². The Labute approximate surface area is 162 Å². The number of sulfonamides is 1. The molecule has 1 saturated heterocycles. The van der Waals surface area contributed by atoms with Crippen molar-refractivity contribution in [3.8, 4) is 11.5 Å². The maximum absolute atomic E-state index is 13.0. The van der Waals surface area contributed by atoms with Crippen LogP contribution in [0.25, 0.3) is 11.5 Å². The smallest absolute Gasteiger partial charge is 0.248 e. The van der Waals surface area contributed by atoms with E-state index in [9.17, 15) is 8.42 Å². The Morgan fingerprint density at radius 3 is 2.79 bits per heavy atom. The lowest BCUT2D eigenvalue weighted by Crippen LogP contribution is -2.40. The molecule has 4 heterocycles. The summed E-state index contributed by atoms with van der Waals surface area (Å²) in [6.07, 6.45) is 6.84. The Hall–Kier alpha value is -2.66. The van der Waals surface area contributed by atoms with Gasteiger partial charge in [-0.3, -0.25) is 4.98 Å². The van der Waals surface area contributed by atoms with Crippen molar-refractivity contribution in [1.29, 1.82) is 0 Å². The third kappa shape index (κ3) is 3.54. The Kier molecular flexibility index (Phi) is 4.94. The normalized spacial score (nSPS) is 18.4. The molecule has 0 unspecified atom stereocenters. The lowest BCUT2D eigenvalue weighted by molar-refractivity contribution is 0.246. The summed E-state index contributed by atoms with van der Waals surface area (Å²) in [5, 5.41) is 7.71. The summed E-state index contributed by atoms with van der Waals surface area (Å²) in [5.41, 5.74) is 0.911. The third-order valence-electron chi connectivity index (χ3n) is 4.77. The molecule has 11 heteroatoms. The van der Waals surface area contributed by atoms with Crippen molar-refractivity contribution in [2.45, 2.75) is 38.0 Å². The number of hydrogen-bond donors (Lipinski definition) is 0. The Balaban J connectivity index is 1.48. The van der Waals surface area contributed by atoms with Gasteiger partial charge in [0.2, 0.25) is 21.7 Å². The van der Waals surface area contributed by atoms with E-state index in [-0.39, 0.29) is 10.8 Å². The zero-order valence-corrected chi connectivity index (χ0v) is 16.4. The predicted octanol–water partition coefficient (Wildman–Crippen LogP) is 1.77. The molecule has 0 saturated carbocycles. The average Bonchev–Trinajstić information content (AvgIpc) is 3.29. The van der Waals surface area contributed by atoms with Gasteiger partial charge in [-0.1, -0.05) is 10.3 Å². The second-order valence-corrected chi connectivity index (χ2v) is 8.71. The first-order valence-corrected chi connectivity index (χ1v) is 10.4. The van der Waals surface area contributed by atoms with Gasteiger partial charge in [0.15, 0.2) is 5.76 Å². The summed E-state index contributed by atoms with van der Waals surface area (Å²) in [6, 6.07) is 0. The molecule has 0 aromatic carbocycles. The van der Waals surface area contributed by atoms with Crippen molar-refractivity contribution in [2.75, 3.05) is 13.1 Å². The Morgan fingerprint density at radius 1 is 1.21 bits per heavy atom. The highest BCUT2D eigenvalue weighted by molar-refractivity contribution is 7.89. The molecule has 3 aromatic heterocycles. The lowest BCUT2D eigenvalue weighted by Gasteiger charge is -2.31. The van der Waals surface area contributed by atoms with Crippen LogP contribution in [0.15, 0.2) is 32.5 Å². The van der Waals surface area contributed by atoms with Crippen molar-refractivity contribution in [3.05, 3.63) is 35.9 Å². The van der Waals surface area contributed by atoms with E-state index in [1.165, 1.54) is 4.31 Å². The van der Waals surface area contributed by atoms with Crippen LogP contribution in [-0.4, -0.2) is 51.1 Å². The van der Waals surface area contributed by atoms with E-state index >= 15 is 0 Å². The summed E-state index contributed by atoms with van der Waals surface area (Å²) < 4.78 is 37.9. The molecule has 1 fully saturated rings. The van der Waals surface area contributed by atoms with Crippen molar-refractivity contribution in [2.24, 2.45) is 5.92 Å². The van der Waals surface area contributed by atoms with Gasteiger partial charge in [0, 0.05) is 31.9 Å². The largest absolute Gasteiger partial charge is 0.360 e. The van der Waals surface area contributed by atoms with Gasteiger partial charge in [-0.05, 0) is 32.6 Å². The number of rotatable bonds is 5. The van der Waals surface area contributed by atoms with Crippen LogP contribution in [0, 0.1) is 19.8 Å². The van der Waals surface area contributed by atoms with Crippen LogP contribution in [-0.2, 0) is 16.4 Å². The van der Waals surface area contributed by atoms with E-state index in [1.807, 2.05) is 0 Å². The minimum absolute atomic E-state index is 0.0826. The SMILES string of the molecule is Cc1noc(C)c1S(=O)(=O)N1CCC[C@@H](Cc2nc(-c3cnccn3)no2)C1. The van der Waals surface area contributed by atoms with Gasteiger partial charge < -0.3 is 9.05 Å². The molecule has 0 bridgehead atoms. The molecule has 1 aliphatic heterocycles. The van der Waals surface area contributed by atoms with Gasteiger partial charge in [0.1, 0.15) is 16.3 Å². The number of aryl methyl sites for hydroxylation is 2. The fraction of sp³-hybridized carbons (Fsp3) is 0.471. The molecule has 4 rings (SSSR count). The van der Waals surface area contributed by atoms with Crippen LogP contribution in [0.1, 0.15) is 30.2 Å². The minimum Gasteiger partial charge on any atom is -0.360 e. The molecule has 0 N–H and O–H groups in total. The molecular formula is C17H20N6O4S. The first-order valence-electron chi connectivity index (χ1n) is 8.97. The number of piperidine rings is 1. The third-order valence-corrected chi connectivity index (χ3v) is 6.88. The van der Waals surface area contributed by atoms with Crippen LogP contribution >= 0.6 is 0 Å². The molecule has 1 atom stereocenters. The Morgan fingerprint density at radius 2 is 2.07 bits per heavy atom. The van der Waals surface area contributed by atoms with Gasteiger partial charge in [-0.15, -0.1) is 0 Å². The van der Waals surface area contributed by atoms with Gasteiger partial charge in [0.25, 0.3) is 0 Å². The molecule has 28 heavy (non-hydrogen) atoms. The topological polar surface area (TPSA) is 128 Å². The van der Waals surface area contributed by atoms with Gasteiger partial charge >= 0.3 is 0 Å². The summed E-state index contributed by atoms with van der Waals surface area (Å²) in [5.74, 6) is 1.23. The maximum atomic E-state index is 13.0. The number of nitrogens with zero attached hydrogens (tertiary/aromatic N) is 6. The lowest BCUT2D eigenvalue weighted by atomic mass is 9.96. The summed E-state index contributed by atoms with van der Waals surface area (Å²) >= 11 is 0. The molecule has 148 valence electrons. The molecule has 0 aliphatic carbocycles. The van der Waals surface area contributed by atoms with Crippen LogP contribution in [0.3, 0.4) is 0 Å². The van der Waals surface area contributed by atoms with Crippen LogP contribution < -0.4 is 0 Å². The van der Waals surface area contributed by atoms with E-state index in [4.69, 9.17) is 9.05 Å². The quantitative estimate of drug-likeness (QED) is 0.625. The van der Waals surface area contributed by atoms with Crippen molar-refractivity contribution in [3.63, 3.8) is 0 Å². The standard InChI is InChI=1S/C17H20N6O4S/c1-11-16(12(2)26-21-11)28(24,25)23-7-3-4-13(10-23)8-15-20-17(22-27-15)14-9-18-5-6-19-14/h5-6,9,13H,3-4,7-8,10H2,1-2H3/t13-/m0/s1. The van der Waals surface area contributed by atoms with E-state index < -0.39 is 10.0 Å². The van der Waals surface area contributed by atoms with E-state index in [2.05, 4.69) is 25.3 Å². The van der Waals surface area contributed by atoms with Gasteiger partial charge in [-0.2, -0.15) is 9.29 Å². The van der Waals surface area contributed by atoms with Gasteiger partial charge in [0.05, 0.1) is 6.20 Å². The number of aromatic nitrogens is 5. The number of hydrogen-bond acceptors (Lipinski definition) is 9. The monoisotopic (exact) mass is 404 g/mol. The molecule has 0 amide bonds. The fourth-order valence-corrected chi connectivity index (χ4v) is 5.33. The maximum Gasteiger partial charge on any atom is 0.248 e. The van der Waals surface area contributed by atoms with Crippen LogP contribution in [0.4, 0.5) is 0 Å². The summed E-state index contributed by atoms with van der Waals surface area (Å²) in [4.78, 5) is 12.7. The highest BCUT2D eigenvalue weighted by atomic mass is 32.2. The first-order chi connectivity index (χ1) is 13.4. The molecule has 0 spiro atoms. The zero-order chi connectivity index (χ0) is 19.7. The van der Waals surface area contributed by atoms with Crippen LogP contribution in [0.5, 0.6) is 0 Å².